The molecule has 0 radical (unpaired) electrons. The molecule has 76 valence electrons. The number of hydrogen-bond acceptors (Lipinski definition) is 3. The van der Waals surface area contributed by atoms with Crippen molar-refractivity contribution in [2.45, 2.75) is 51.1 Å². The van der Waals surface area contributed by atoms with Crippen LogP contribution in [0.4, 0.5) is 0 Å². The third-order valence-electron chi connectivity index (χ3n) is 2.71. The minimum absolute atomic E-state index is 0.103. The van der Waals surface area contributed by atoms with E-state index in [9.17, 15) is 4.79 Å². The van der Waals surface area contributed by atoms with E-state index in [1.54, 1.807) is 0 Å². The Kier molecular flexibility index (Phi) is 4.22. The second-order valence-corrected chi connectivity index (χ2v) is 3.68. The van der Waals surface area contributed by atoms with Crippen molar-refractivity contribution in [1.82, 2.24) is 5.32 Å². The van der Waals surface area contributed by atoms with Crippen LogP contribution in [0.3, 0.4) is 0 Å². The highest BCUT2D eigenvalue weighted by molar-refractivity contribution is 5.69. The van der Waals surface area contributed by atoms with Gasteiger partial charge < -0.3 is 10.1 Å². The van der Waals surface area contributed by atoms with Crippen molar-refractivity contribution in [3.05, 3.63) is 0 Å². The fourth-order valence-electron chi connectivity index (χ4n) is 1.88. The zero-order valence-corrected chi connectivity index (χ0v) is 8.51. The van der Waals surface area contributed by atoms with E-state index in [2.05, 4.69) is 17.0 Å². The maximum Gasteiger partial charge on any atom is 0.307 e. The van der Waals surface area contributed by atoms with Gasteiger partial charge in [-0.1, -0.05) is 13.3 Å². The number of hydrogen-bond donors (Lipinski definition) is 1. The van der Waals surface area contributed by atoms with E-state index in [4.69, 9.17) is 0 Å². The summed E-state index contributed by atoms with van der Waals surface area (Å²) < 4.78 is 4.64. The summed E-state index contributed by atoms with van der Waals surface area (Å²) in [6.45, 7) is 2.18. The lowest BCUT2D eigenvalue weighted by Gasteiger charge is -2.29. The van der Waals surface area contributed by atoms with Crippen LogP contribution in [0.1, 0.15) is 39.0 Å². The van der Waals surface area contributed by atoms with Crippen molar-refractivity contribution in [3.8, 4) is 0 Å². The Morgan fingerprint density at radius 3 is 2.77 bits per heavy atom. The van der Waals surface area contributed by atoms with Crippen molar-refractivity contribution in [3.63, 3.8) is 0 Å². The monoisotopic (exact) mass is 185 g/mol. The first-order chi connectivity index (χ1) is 6.26. The third-order valence-corrected chi connectivity index (χ3v) is 2.71. The van der Waals surface area contributed by atoms with Crippen LogP contribution in [0.5, 0.6) is 0 Å². The number of ether oxygens (including phenoxy) is 1. The van der Waals surface area contributed by atoms with Gasteiger partial charge in [0, 0.05) is 12.1 Å². The summed E-state index contributed by atoms with van der Waals surface area (Å²) in [5.74, 6) is -0.103. The summed E-state index contributed by atoms with van der Waals surface area (Å²) in [4.78, 5) is 11.0. The average Bonchev–Trinajstić information content (AvgIpc) is 2.18. The molecule has 2 atom stereocenters. The molecular weight excluding hydrogens is 166 g/mol. The van der Waals surface area contributed by atoms with Gasteiger partial charge in [-0.3, -0.25) is 4.79 Å². The van der Waals surface area contributed by atoms with Crippen LogP contribution in [0, 0.1) is 0 Å². The maximum atomic E-state index is 11.0. The third kappa shape index (κ3) is 3.35. The molecule has 1 fully saturated rings. The Labute approximate surface area is 79.8 Å². The molecule has 1 aliphatic rings. The predicted octanol–water partition coefficient (Wildman–Crippen LogP) is 1.47. The first-order valence-corrected chi connectivity index (χ1v) is 5.09. The van der Waals surface area contributed by atoms with Crippen LogP contribution in [-0.4, -0.2) is 25.2 Å². The summed E-state index contributed by atoms with van der Waals surface area (Å²) in [5, 5.41) is 3.47. The fraction of sp³-hybridized carbons (Fsp3) is 0.900. The van der Waals surface area contributed by atoms with E-state index < -0.39 is 0 Å². The molecule has 3 heteroatoms. The SMILES string of the molecule is CC[C@H]1CCC[C@@H](CC(=O)OC)N1. The average molecular weight is 185 g/mol. The molecule has 0 saturated carbocycles. The second kappa shape index (κ2) is 5.22. The van der Waals surface area contributed by atoms with Gasteiger partial charge in [0.1, 0.15) is 0 Å². The number of rotatable bonds is 3. The number of nitrogens with one attached hydrogen (secondary N) is 1. The molecule has 1 saturated heterocycles. The van der Waals surface area contributed by atoms with Crippen LogP contribution >= 0.6 is 0 Å². The molecule has 3 nitrogen and oxygen atoms in total. The highest BCUT2D eigenvalue weighted by Crippen LogP contribution is 2.16. The van der Waals surface area contributed by atoms with Gasteiger partial charge in [0.2, 0.25) is 0 Å². The van der Waals surface area contributed by atoms with Gasteiger partial charge >= 0.3 is 5.97 Å². The largest absolute Gasteiger partial charge is 0.469 e. The molecule has 1 rings (SSSR count). The van der Waals surface area contributed by atoms with Gasteiger partial charge in [0.15, 0.2) is 0 Å². The lowest BCUT2D eigenvalue weighted by atomic mass is 9.95. The van der Waals surface area contributed by atoms with Gasteiger partial charge in [-0.25, -0.2) is 0 Å². The number of carbonyl (C=O) groups is 1. The molecule has 0 aromatic rings. The minimum Gasteiger partial charge on any atom is -0.469 e. The van der Waals surface area contributed by atoms with Gasteiger partial charge in [-0.05, 0) is 19.3 Å². The summed E-state index contributed by atoms with van der Waals surface area (Å²) in [5.41, 5.74) is 0. The Morgan fingerprint density at radius 2 is 2.15 bits per heavy atom. The smallest absolute Gasteiger partial charge is 0.307 e. The predicted molar refractivity (Wildman–Crippen MR) is 51.5 cm³/mol. The van der Waals surface area contributed by atoms with Crippen LogP contribution in [0.2, 0.25) is 0 Å². The molecule has 1 heterocycles. The van der Waals surface area contributed by atoms with Crippen LogP contribution in [0.25, 0.3) is 0 Å². The highest BCUT2D eigenvalue weighted by atomic mass is 16.5. The van der Waals surface area contributed by atoms with E-state index in [1.807, 2.05) is 0 Å². The number of esters is 1. The van der Waals surface area contributed by atoms with Gasteiger partial charge in [-0.2, -0.15) is 0 Å². The highest BCUT2D eigenvalue weighted by Gasteiger charge is 2.21. The fourth-order valence-corrected chi connectivity index (χ4v) is 1.88. The summed E-state index contributed by atoms with van der Waals surface area (Å²) in [7, 11) is 1.45. The Hall–Kier alpha value is -0.570. The first-order valence-electron chi connectivity index (χ1n) is 5.09. The quantitative estimate of drug-likeness (QED) is 0.677. The van der Waals surface area contributed by atoms with Crippen molar-refractivity contribution in [2.75, 3.05) is 7.11 Å². The Morgan fingerprint density at radius 1 is 1.46 bits per heavy atom. The molecule has 0 amide bonds. The molecule has 1 aliphatic heterocycles. The summed E-state index contributed by atoms with van der Waals surface area (Å²) >= 11 is 0. The van der Waals surface area contributed by atoms with E-state index in [1.165, 1.54) is 20.0 Å². The van der Waals surface area contributed by atoms with E-state index in [-0.39, 0.29) is 5.97 Å². The molecule has 0 aliphatic carbocycles. The summed E-state index contributed by atoms with van der Waals surface area (Å²) in [6.07, 6.45) is 5.25. The van der Waals surface area contributed by atoms with Crippen LogP contribution in [-0.2, 0) is 9.53 Å². The Bertz CT molecular complexity index is 170. The number of methoxy groups -OCH3 is 1. The van der Waals surface area contributed by atoms with Crippen molar-refractivity contribution in [1.29, 1.82) is 0 Å². The van der Waals surface area contributed by atoms with Crippen molar-refractivity contribution >= 4 is 5.97 Å². The van der Waals surface area contributed by atoms with Crippen molar-refractivity contribution < 1.29 is 9.53 Å². The van der Waals surface area contributed by atoms with Gasteiger partial charge in [0.25, 0.3) is 0 Å². The second-order valence-electron chi connectivity index (χ2n) is 3.68. The van der Waals surface area contributed by atoms with Crippen LogP contribution < -0.4 is 5.32 Å². The van der Waals surface area contributed by atoms with Crippen LogP contribution in [0.15, 0.2) is 0 Å². The van der Waals surface area contributed by atoms with Gasteiger partial charge in [-0.15, -0.1) is 0 Å². The molecule has 1 N–H and O–H groups in total. The maximum absolute atomic E-state index is 11.0. The van der Waals surface area contributed by atoms with Gasteiger partial charge in [0.05, 0.1) is 13.5 Å². The standard InChI is InChI=1S/C10H19NO2/c1-3-8-5-4-6-9(11-8)7-10(12)13-2/h8-9,11H,3-7H2,1-2H3/t8-,9-/m0/s1. The number of carbonyl (C=O) groups excluding carboxylic acids is 1. The van der Waals surface area contributed by atoms with E-state index in [0.717, 1.165) is 12.8 Å². The van der Waals surface area contributed by atoms with E-state index in [0.29, 0.717) is 18.5 Å². The topological polar surface area (TPSA) is 38.3 Å². The molecule has 0 aromatic carbocycles. The molecular formula is C10H19NO2. The molecule has 0 aromatic heterocycles. The summed E-state index contributed by atoms with van der Waals surface area (Å²) in [6, 6.07) is 0.939. The normalized spacial score (nSPS) is 28.5. The Balaban J connectivity index is 2.29. The zero-order valence-electron chi connectivity index (χ0n) is 8.51. The van der Waals surface area contributed by atoms with Crippen molar-refractivity contribution in [2.24, 2.45) is 0 Å². The number of piperidine rings is 1. The molecule has 0 bridgehead atoms. The van der Waals surface area contributed by atoms with E-state index >= 15 is 0 Å². The first kappa shape index (κ1) is 10.5. The molecule has 0 spiro atoms. The minimum atomic E-state index is -0.103. The molecule has 13 heavy (non-hydrogen) atoms. The lowest BCUT2D eigenvalue weighted by Crippen LogP contribution is -2.43. The molecule has 0 unspecified atom stereocenters. The zero-order chi connectivity index (χ0) is 9.68. The lowest BCUT2D eigenvalue weighted by molar-refractivity contribution is -0.141.